The molecule has 2 heterocycles. The van der Waals surface area contributed by atoms with Crippen LogP contribution in [-0.4, -0.2) is 35.5 Å². The first-order valence-corrected chi connectivity index (χ1v) is 8.64. The molecular formula is C14H17N3O2S2. The van der Waals surface area contributed by atoms with Crippen LogP contribution >= 0.6 is 23.1 Å². The van der Waals surface area contributed by atoms with Crippen LogP contribution in [0.15, 0.2) is 34.7 Å². The van der Waals surface area contributed by atoms with Crippen LogP contribution in [0.25, 0.3) is 0 Å². The molecule has 0 spiro atoms. The van der Waals surface area contributed by atoms with E-state index in [4.69, 9.17) is 9.47 Å². The summed E-state index contributed by atoms with van der Waals surface area (Å²) in [6, 6.07) is 10.3. The Balaban J connectivity index is 1.45. The summed E-state index contributed by atoms with van der Waals surface area (Å²) in [7, 11) is 0. The van der Waals surface area contributed by atoms with Crippen molar-refractivity contribution in [1.29, 1.82) is 0 Å². The quantitative estimate of drug-likeness (QED) is 0.825. The van der Waals surface area contributed by atoms with E-state index < -0.39 is 0 Å². The maximum atomic E-state index is 5.51. The second kappa shape index (κ2) is 7.74. The number of nitrogens with zero attached hydrogens (tertiary/aromatic N) is 2. The zero-order valence-corrected chi connectivity index (χ0v) is 13.2. The number of hydrogen-bond donors (Lipinski definition) is 1. The van der Waals surface area contributed by atoms with E-state index in [9.17, 15) is 0 Å². The highest BCUT2D eigenvalue weighted by molar-refractivity contribution is 8.01. The lowest BCUT2D eigenvalue weighted by molar-refractivity contribution is -0.130. The summed E-state index contributed by atoms with van der Waals surface area (Å²) in [4.78, 5) is 0. The Bertz CT molecular complexity index is 544. The molecule has 5 nitrogen and oxygen atoms in total. The molecule has 1 aliphatic heterocycles. The van der Waals surface area contributed by atoms with Gasteiger partial charge in [0.1, 0.15) is 6.79 Å². The van der Waals surface area contributed by atoms with Gasteiger partial charge in [0.2, 0.25) is 5.13 Å². The first-order valence-electron chi connectivity index (χ1n) is 6.83. The minimum absolute atomic E-state index is 0.258. The normalized spacial score (nSPS) is 18.6. The van der Waals surface area contributed by atoms with Gasteiger partial charge in [0.25, 0.3) is 0 Å². The molecule has 1 atom stereocenters. The molecule has 1 aliphatic rings. The summed E-state index contributed by atoms with van der Waals surface area (Å²) in [5.74, 6) is 0.899. The predicted molar refractivity (Wildman–Crippen MR) is 84.7 cm³/mol. The molecular weight excluding hydrogens is 306 g/mol. The predicted octanol–water partition coefficient (Wildman–Crippen LogP) is 3.01. The maximum absolute atomic E-state index is 5.51. The van der Waals surface area contributed by atoms with E-state index in [0.717, 1.165) is 34.8 Å². The fraction of sp³-hybridized carbons (Fsp3) is 0.429. The molecule has 2 aromatic rings. The van der Waals surface area contributed by atoms with Crippen LogP contribution in [-0.2, 0) is 16.0 Å². The molecule has 0 unspecified atom stereocenters. The Hall–Kier alpha value is -1.15. The lowest BCUT2D eigenvalue weighted by atomic mass is 10.2. The Morgan fingerprint density at radius 3 is 3.00 bits per heavy atom. The maximum Gasteiger partial charge on any atom is 0.206 e. The highest BCUT2D eigenvalue weighted by atomic mass is 32.2. The Labute approximate surface area is 132 Å². The monoisotopic (exact) mass is 323 g/mol. The fourth-order valence-electron chi connectivity index (χ4n) is 1.91. The molecule has 1 aromatic heterocycles. The Kier molecular flexibility index (Phi) is 5.45. The van der Waals surface area contributed by atoms with Crippen molar-refractivity contribution >= 4 is 28.2 Å². The van der Waals surface area contributed by atoms with E-state index in [0.29, 0.717) is 6.79 Å². The van der Waals surface area contributed by atoms with E-state index in [-0.39, 0.29) is 6.10 Å². The highest BCUT2D eigenvalue weighted by Gasteiger charge is 2.15. The van der Waals surface area contributed by atoms with E-state index >= 15 is 0 Å². The first kappa shape index (κ1) is 14.8. The van der Waals surface area contributed by atoms with Gasteiger partial charge < -0.3 is 14.8 Å². The number of thioether (sulfide) groups is 1. The van der Waals surface area contributed by atoms with Crippen LogP contribution < -0.4 is 5.32 Å². The largest absolute Gasteiger partial charge is 0.356 e. The van der Waals surface area contributed by atoms with Crippen molar-refractivity contribution in [2.75, 3.05) is 24.5 Å². The second-order valence-corrected chi connectivity index (χ2v) is 6.87. The summed E-state index contributed by atoms with van der Waals surface area (Å²) >= 11 is 3.28. The zero-order chi connectivity index (χ0) is 14.3. The Morgan fingerprint density at radius 2 is 2.19 bits per heavy atom. The summed E-state index contributed by atoms with van der Waals surface area (Å²) in [5.41, 5.74) is 1.23. The third-order valence-corrected chi connectivity index (χ3v) is 5.20. The summed E-state index contributed by atoms with van der Waals surface area (Å²) in [6.45, 7) is 1.96. The van der Waals surface area contributed by atoms with Gasteiger partial charge in [-0.1, -0.05) is 53.4 Å². The van der Waals surface area contributed by atoms with Crippen molar-refractivity contribution in [2.45, 2.75) is 23.4 Å². The molecule has 0 bridgehead atoms. The van der Waals surface area contributed by atoms with Gasteiger partial charge in [0.05, 0.1) is 12.7 Å². The smallest absolute Gasteiger partial charge is 0.206 e. The van der Waals surface area contributed by atoms with Crippen LogP contribution in [0.2, 0.25) is 0 Å². The van der Waals surface area contributed by atoms with Crippen molar-refractivity contribution < 1.29 is 9.47 Å². The highest BCUT2D eigenvalue weighted by Crippen LogP contribution is 2.27. The molecule has 0 aliphatic carbocycles. The topological polar surface area (TPSA) is 56.3 Å². The van der Waals surface area contributed by atoms with Crippen molar-refractivity contribution in [2.24, 2.45) is 0 Å². The number of nitrogens with one attached hydrogen (secondary N) is 1. The summed E-state index contributed by atoms with van der Waals surface area (Å²) < 4.78 is 11.6. The van der Waals surface area contributed by atoms with Gasteiger partial charge in [-0.3, -0.25) is 0 Å². The van der Waals surface area contributed by atoms with Gasteiger partial charge in [-0.05, 0) is 12.0 Å². The molecule has 0 saturated carbocycles. The van der Waals surface area contributed by atoms with Gasteiger partial charge in [0.15, 0.2) is 4.34 Å². The minimum Gasteiger partial charge on any atom is -0.356 e. The van der Waals surface area contributed by atoms with Crippen molar-refractivity contribution in [3.63, 3.8) is 0 Å². The third-order valence-electron chi connectivity index (χ3n) is 3.06. The molecule has 112 valence electrons. The van der Waals surface area contributed by atoms with E-state index in [1.165, 1.54) is 5.56 Å². The number of anilines is 1. The number of ether oxygens (including phenoxy) is 2. The van der Waals surface area contributed by atoms with E-state index in [1.54, 1.807) is 23.1 Å². The second-order valence-electron chi connectivity index (χ2n) is 4.63. The van der Waals surface area contributed by atoms with Crippen LogP contribution in [0.3, 0.4) is 0 Å². The van der Waals surface area contributed by atoms with E-state index in [1.807, 2.05) is 18.2 Å². The van der Waals surface area contributed by atoms with Crippen molar-refractivity contribution in [3.05, 3.63) is 35.9 Å². The van der Waals surface area contributed by atoms with Crippen LogP contribution in [0.1, 0.15) is 12.0 Å². The molecule has 1 N–H and O–H groups in total. The SMILES string of the molecule is c1ccc(CNc2nnc(SC[C@H]3CCOCO3)s2)cc1. The van der Waals surface area contributed by atoms with Crippen LogP contribution in [0, 0.1) is 0 Å². The van der Waals surface area contributed by atoms with E-state index in [2.05, 4.69) is 27.6 Å². The lowest BCUT2D eigenvalue weighted by Gasteiger charge is -2.21. The molecule has 1 saturated heterocycles. The van der Waals surface area contributed by atoms with Crippen LogP contribution in [0.5, 0.6) is 0 Å². The summed E-state index contributed by atoms with van der Waals surface area (Å²) in [5, 5.41) is 12.5. The minimum atomic E-state index is 0.258. The number of hydrogen-bond acceptors (Lipinski definition) is 7. The fourth-order valence-corrected chi connectivity index (χ4v) is 3.75. The van der Waals surface area contributed by atoms with Gasteiger partial charge in [0, 0.05) is 12.3 Å². The Morgan fingerprint density at radius 1 is 1.29 bits per heavy atom. The number of aromatic nitrogens is 2. The van der Waals surface area contributed by atoms with Gasteiger partial charge in [-0.15, -0.1) is 10.2 Å². The molecule has 0 amide bonds. The van der Waals surface area contributed by atoms with Crippen molar-refractivity contribution in [1.82, 2.24) is 10.2 Å². The van der Waals surface area contributed by atoms with Crippen molar-refractivity contribution in [3.8, 4) is 0 Å². The zero-order valence-electron chi connectivity index (χ0n) is 11.5. The average molecular weight is 323 g/mol. The molecule has 3 rings (SSSR count). The molecule has 0 radical (unpaired) electrons. The molecule has 1 aromatic carbocycles. The molecule has 1 fully saturated rings. The lowest BCUT2D eigenvalue weighted by Crippen LogP contribution is -2.25. The van der Waals surface area contributed by atoms with Gasteiger partial charge in [-0.2, -0.15) is 0 Å². The number of rotatable bonds is 6. The van der Waals surface area contributed by atoms with Gasteiger partial charge >= 0.3 is 0 Å². The standard InChI is InChI=1S/C14H17N3O2S2/c1-2-4-11(5-3-1)8-15-13-16-17-14(21-13)20-9-12-6-7-18-10-19-12/h1-5,12H,6-10H2,(H,15,16)/t12-/m1/s1. The first-order chi connectivity index (χ1) is 10.4. The molecule has 21 heavy (non-hydrogen) atoms. The number of benzene rings is 1. The molecule has 7 heteroatoms. The van der Waals surface area contributed by atoms with Crippen LogP contribution in [0.4, 0.5) is 5.13 Å². The third kappa shape index (κ3) is 4.67. The van der Waals surface area contributed by atoms with Gasteiger partial charge in [-0.25, -0.2) is 0 Å². The summed E-state index contributed by atoms with van der Waals surface area (Å²) in [6.07, 6.45) is 1.21. The average Bonchev–Trinajstić information content (AvgIpc) is 3.01.